The molecule has 9 heteroatoms. The van der Waals surface area contributed by atoms with Gasteiger partial charge in [-0.3, -0.25) is 14.8 Å². The Kier molecular flexibility index (Phi) is 6.64. The number of allylic oxidation sites excluding steroid dienone is 1. The van der Waals surface area contributed by atoms with Gasteiger partial charge in [-0.15, -0.1) is 0 Å². The van der Waals surface area contributed by atoms with Crippen LogP contribution in [-0.4, -0.2) is 68.8 Å². The zero-order valence-corrected chi connectivity index (χ0v) is 22.2. The number of benzene rings is 1. The van der Waals surface area contributed by atoms with Gasteiger partial charge < -0.3 is 29.7 Å². The Morgan fingerprint density at radius 3 is 2.68 bits per heavy atom. The molecular weight excluding hydrogens is 466 g/mol. The fourth-order valence-corrected chi connectivity index (χ4v) is 5.33. The molecule has 194 valence electrons. The number of nitrogens with zero attached hydrogens (tertiary/aromatic N) is 6. The summed E-state index contributed by atoms with van der Waals surface area (Å²) in [6, 6.07) is 8.48. The Labute approximate surface area is 217 Å². The van der Waals surface area contributed by atoms with Crippen molar-refractivity contribution < 1.29 is 4.74 Å². The van der Waals surface area contributed by atoms with Crippen molar-refractivity contribution in [3.63, 3.8) is 0 Å². The molecule has 4 heterocycles. The van der Waals surface area contributed by atoms with Crippen molar-refractivity contribution >= 4 is 45.4 Å². The van der Waals surface area contributed by atoms with E-state index in [2.05, 4.69) is 51.9 Å². The molecule has 1 saturated heterocycles. The van der Waals surface area contributed by atoms with E-state index in [9.17, 15) is 4.79 Å². The van der Waals surface area contributed by atoms with E-state index < -0.39 is 0 Å². The van der Waals surface area contributed by atoms with Crippen LogP contribution in [0.25, 0.3) is 16.5 Å². The van der Waals surface area contributed by atoms with Crippen LogP contribution in [0.2, 0.25) is 0 Å². The number of hydrogen-bond acceptors (Lipinski definition) is 8. The molecular formula is C28H35N7O2. The highest BCUT2D eigenvalue weighted by atomic mass is 16.5. The van der Waals surface area contributed by atoms with Gasteiger partial charge in [0.2, 0.25) is 0 Å². The van der Waals surface area contributed by atoms with Crippen molar-refractivity contribution in [2.24, 2.45) is 17.8 Å². The molecule has 0 spiro atoms. The van der Waals surface area contributed by atoms with E-state index in [1.165, 1.54) is 6.20 Å². The summed E-state index contributed by atoms with van der Waals surface area (Å²) in [4.78, 5) is 28.7. The van der Waals surface area contributed by atoms with Gasteiger partial charge in [-0.05, 0) is 38.1 Å². The van der Waals surface area contributed by atoms with Crippen molar-refractivity contribution in [2.45, 2.75) is 20.0 Å². The summed E-state index contributed by atoms with van der Waals surface area (Å²) in [5.41, 5.74) is 13.3. The van der Waals surface area contributed by atoms with Gasteiger partial charge in [-0.1, -0.05) is 0 Å². The molecule has 0 amide bonds. The first kappa shape index (κ1) is 24.8. The maximum atomic E-state index is 12.9. The second-order valence-corrected chi connectivity index (χ2v) is 9.86. The number of nitrogens with two attached hydrogens (primary N) is 1. The van der Waals surface area contributed by atoms with Gasteiger partial charge in [0.25, 0.3) is 5.56 Å². The number of morpholine rings is 1. The summed E-state index contributed by atoms with van der Waals surface area (Å²) in [5.74, 6) is 0. The Bertz CT molecular complexity index is 1460. The third kappa shape index (κ3) is 4.44. The van der Waals surface area contributed by atoms with Crippen LogP contribution in [0.5, 0.6) is 0 Å². The molecule has 0 aliphatic carbocycles. The van der Waals surface area contributed by atoms with Crippen LogP contribution in [0.1, 0.15) is 18.2 Å². The normalized spacial score (nSPS) is 18.7. The van der Waals surface area contributed by atoms with Crippen molar-refractivity contribution in [1.82, 2.24) is 9.55 Å². The molecule has 2 aliphatic heterocycles. The van der Waals surface area contributed by atoms with Crippen LogP contribution >= 0.6 is 0 Å². The number of anilines is 4. The van der Waals surface area contributed by atoms with E-state index in [-0.39, 0.29) is 11.7 Å². The molecule has 1 fully saturated rings. The number of likely N-dealkylation sites (N-methyl/N-ethyl adjacent to an activating group) is 1. The van der Waals surface area contributed by atoms with Gasteiger partial charge in [-0.25, -0.2) is 0 Å². The van der Waals surface area contributed by atoms with E-state index in [0.717, 1.165) is 76.7 Å². The first-order valence-corrected chi connectivity index (χ1v) is 12.7. The first-order valence-electron chi connectivity index (χ1n) is 12.7. The summed E-state index contributed by atoms with van der Waals surface area (Å²) in [6.45, 7) is 7.91. The average Bonchev–Trinajstić information content (AvgIpc) is 2.90. The fraction of sp³-hybridized carbons (Fsp3) is 0.393. The number of rotatable bonds is 4. The van der Waals surface area contributed by atoms with Gasteiger partial charge in [0.1, 0.15) is 0 Å². The van der Waals surface area contributed by atoms with Gasteiger partial charge in [-0.2, -0.15) is 0 Å². The second kappa shape index (κ2) is 9.89. The van der Waals surface area contributed by atoms with Crippen LogP contribution in [0.3, 0.4) is 0 Å². The Morgan fingerprint density at radius 1 is 1.14 bits per heavy atom. The van der Waals surface area contributed by atoms with Crippen molar-refractivity contribution in [3.05, 3.63) is 58.3 Å². The zero-order chi connectivity index (χ0) is 26.3. The molecule has 1 atom stereocenters. The summed E-state index contributed by atoms with van der Waals surface area (Å²) in [7, 11) is 5.67. The molecule has 1 unspecified atom stereocenters. The van der Waals surface area contributed by atoms with Crippen molar-refractivity contribution in [1.29, 1.82) is 0 Å². The molecule has 5 rings (SSSR count). The molecule has 2 aliphatic rings. The summed E-state index contributed by atoms with van der Waals surface area (Å²) in [6.07, 6.45) is 5.32. The monoisotopic (exact) mass is 501 g/mol. The minimum atomic E-state index is 0.0229. The number of aromatic nitrogens is 2. The summed E-state index contributed by atoms with van der Waals surface area (Å²) >= 11 is 0. The standard InChI is InChI=1S/C28H35N7O2/c1-18-10-22-24(33(5)28(18)36)11-21(34-8-9-37-19(2)17-34)12-25(22)35-7-6-32(4)26-13-23(31-16-27(26)35)20(14-29)15-30-3/h10-16,19H,6-9,17,29H2,1-5H3/b20-14+,30-15?. The smallest absolute Gasteiger partial charge is 0.253 e. The predicted octanol–water partition coefficient (Wildman–Crippen LogP) is 3.06. The van der Waals surface area contributed by atoms with Crippen LogP contribution in [-0.2, 0) is 11.8 Å². The molecule has 0 bridgehead atoms. The second-order valence-electron chi connectivity index (χ2n) is 9.86. The highest BCUT2D eigenvalue weighted by molar-refractivity contribution is 6.09. The van der Waals surface area contributed by atoms with Gasteiger partial charge in [0, 0.05) is 81.9 Å². The molecule has 1 aromatic carbocycles. The van der Waals surface area contributed by atoms with Gasteiger partial charge in [0.05, 0.1) is 47.2 Å². The zero-order valence-electron chi connectivity index (χ0n) is 22.2. The first-order chi connectivity index (χ1) is 17.8. The van der Waals surface area contributed by atoms with Crippen LogP contribution in [0, 0.1) is 6.92 Å². The van der Waals surface area contributed by atoms with Gasteiger partial charge in [0.15, 0.2) is 0 Å². The maximum Gasteiger partial charge on any atom is 0.253 e. The quantitative estimate of drug-likeness (QED) is 0.550. The molecule has 0 radical (unpaired) electrons. The molecule has 0 saturated carbocycles. The van der Waals surface area contributed by atoms with Crippen LogP contribution in [0.15, 0.2) is 46.4 Å². The third-order valence-corrected chi connectivity index (χ3v) is 7.35. The number of aryl methyl sites for hydroxylation is 2. The lowest BCUT2D eigenvalue weighted by Crippen LogP contribution is -2.41. The van der Waals surface area contributed by atoms with Crippen LogP contribution < -0.4 is 26.0 Å². The lowest BCUT2D eigenvalue weighted by Gasteiger charge is -2.39. The van der Waals surface area contributed by atoms with Gasteiger partial charge >= 0.3 is 0 Å². The lowest BCUT2D eigenvalue weighted by molar-refractivity contribution is 0.0532. The third-order valence-electron chi connectivity index (χ3n) is 7.35. The minimum absolute atomic E-state index is 0.0229. The van der Waals surface area contributed by atoms with E-state index in [0.29, 0.717) is 6.61 Å². The Morgan fingerprint density at radius 2 is 1.95 bits per heavy atom. The predicted molar refractivity (Wildman–Crippen MR) is 153 cm³/mol. The molecule has 2 aromatic heterocycles. The number of pyridine rings is 2. The Balaban J connectivity index is 1.71. The number of hydrogen-bond donors (Lipinski definition) is 1. The molecule has 2 N–H and O–H groups in total. The molecule has 37 heavy (non-hydrogen) atoms. The van der Waals surface area contributed by atoms with E-state index in [1.807, 2.05) is 26.2 Å². The largest absolute Gasteiger partial charge is 0.404 e. The summed E-state index contributed by atoms with van der Waals surface area (Å²) in [5, 5.41) is 1.05. The number of ether oxygens (including phenoxy) is 1. The topological polar surface area (TPSA) is 92.2 Å². The highest BCUT2D eigenvalue weighted by Crippen LogP contribution is 2.42. The van der Waals surface area contributed by atoms with E-state index >= 15 is 0 Å². The number of aliphatic imine (C=N–C) groups is 1. The SMILES string of the molecule is CN=C/C(=C\N)c1cc2c(cn1)N(c1cc(N3CCOC(C)C3)cc3c1cc(C)c(=O)n3C)CCN2C. The maximum absolute atomic E-state index is 12.9. The lowest BCUT2D eigenvalue weighted by atomic mass is 10.0. The Hall–Kier alpha value is -3.85. The van der Waals surface area contributed by atoms with Crippen molar-refractivity contribution in [2.75, 3.05) is 61.6 Å². The van der Waals surface area contributed by atoms with Crippen LogP contribution in [0.4, 0.5) is 22.7 Å². The highest BCUT2D eigenvalue weighted by Gasteiger charge is 2.27. The number of fused-ring (bicyclic) bond motifs is 2. The molecule has 3 aromatic rings. The average molecular weight is 502 g/mol. The minimum Gasteiger partial charge on any atom is -0.404 e. The summed E-state index contributed by atoms with van der Waals surface area (Å²) < 4.78 is 7.56. The fourth-order valence-electron chi connectivity index (χ4n) is 5.33. The van der Waals surface area contributed by atoms with E-state index in [4.69, 9.17) is 15.5 Å². The van der Waals surface area contributed by atoms with E-state index in [1.54, 1.807) is 17.8 Å². The van der Waals surface area contributed by atoms with Crippen molar-refractivity contribution in [3.8, 4) is 0 Å². The molecule has 9 nitrogen and oxygen atoms in total.